The molecule has 0 bridgehead atoms. The fourth-order valence-corrected chi connectivity index (χ4v) is 1.95. The van der Waals surface area contributed by atoms with Gasteiger partial charge in [-0.2, -0.15) is 18.3 Å². The third-order valence-corrected chi connectivity index (χ3v) is 3.06. The minimum absolute atomic E-state index is 0.237. The quantitative estimate of drug-likeness (QED) is 0.785. The summed E-state index contributed by atoms with van der Waals surface area (Å²) >= 11 is 0. The second-order valence-corrected chi connectivity index (χ2v) is 4.40. The van der Waals surface area contributed by atoms with Gasteiger partial charge in [0.1, 0.15) is 24.5 Å². The van der Waals surface area contributed by atoms with Gasteiger partial charge in [0.2, 0.25) is 0 Å². The van der Waals surface area contributed by atoms with Crippen molar-refractivity contribution >= 4 is 11.0 Å². The van der Waals surface area contributed by atoms with E-state index >= 15 is 0 Å². The van der Waals surface area contributed by atoms with Gasteiger partial charge in [-0.25, -0.2) is 14.6 Å². The molecule has 8 heteroatoms. The molecule has 5 nitrogen and oxygen atoms in total. The van der Waals surface area contributed by atoms with E-state index < -0.39 is 11.7 Å². The molecule has 2 aromatic heterocycles. The van der Waals surface area contributed by atoms with E-state index in [1.807, 2.05) is 6.92 Å². The highest BCUT2D eigenvalue weighted by molar-refractivity contribution is 5.76. The monoisotopic (exact) mass is 281 g/mol. The molecule has 0 fully saturated rings. The van der Waals surface area contributed by atoms with E-state index in [2.05, 4.69) is 20.1 Å². The first-order chi connectivity index (χ1) is 9.45. The zero-order valence-corrected chi connectivity index (χ0v) is 10.4. The van der Waals surface area contributed by atoms with Crippen LogP contribution < -0.4 is 0 Å². The number of fused-ring (bicyclic) bond motifs is 1. The highest BCUT2D eigenvalue weighted by Crippen LogP contribution is 2.31. The highest BCUT2D eigenvalue weighted by Gasteiger charge is 2.30. The molecular formula is C12H10F3N5. The number of aromatic nitrogens is 5. The molecule has 1 aromatic carbocycles. The summed E-state index contributed by atoms with van der Waals surface area (Å²) in [5.74, 6) is 0.532. The Kier molecular flexibility index (Phi) is 2.73. The molecule has 0 aliphatic rings. The lowest BCUT2D eigenvalue weighted by Crippen LogP contribution is -2.08. The highest BCUT2D eigenvalue weighted by atomic mass is 19.4. The number of benzene rings is 1. The van der Waals surface area contributed by atoms with Crippen LogP contribution in [0.2, 0.25) is 0 Å². The largest absolute Gasteiger partial charge is 0.416 e. The van der Waals surface area contributed by atoms with Gasteiger partial charge in [-0.15, -0.1) is 0 Å². The van der Waals surface area contributed by atoms with Crippen molar-refractivity contribution in [3.8, 4) is 0 Å². The summed E-state index contributed by atoms with van der Waals surface area (Å²) < 4.78 is 39.5. The topological polar surface area (TPSA) is 59.4 Å². The van der Waals surface area contributed by atoms with Crippen LogP contribution in [0.4, 0.5) is 13.2 Å². The van der Waals surface area contributed by atoms with Gasteiger partial charge in [-0.3, -0.25) is 0 Å². The molecule has 0 saturated heterocycles. The molecular weight excluding hydrogens is 271 g/mol. The Morgan fingerprint density at radius 2 is 2.10 bits per heavy atom. The second kappa shape index (κ2) is 4.32. The summed E-state index contributed by atoms with van der Waals surface area (Å²) in [7, 11) is 0. The Balaban J connectivity index is 2.03. The first kappa shape index (κ1) is 12.6. The number of H-pyrrole nitrogens is 1. The van der Waals surface area contributed by atoms with Crippen molar-refractivity contribution in [3.05, 3.63) is 42.2 Å². The van der Waals surface area contributed by atoms with Crippen LogP contribution in [0, 0.1) is 0 Å². The molecule has 0 amide bonds. The van der Waals surface area contributed by atoms with E-state index in [4.69, 9.17) is 0 Å². The van der Waals surface area contributed by atoms with Crippen LogP contribution in [-0.4, -0.2) is 24.7 Å². The molecule has 3 rings (SSSR count). The lowest BCUT2D eigenvalue weighted by atomic mass is 10.2. The van der Waals surface area contributed by atoms with Gasteiger partial charge in [0, 0.05) is 0 Å². The van der Waals surface area contributed by atoms with Crippen LogP contribution in [-0.2, 0) is 6.18 Å². The van der Waals surface area contributed by atoms with Gasteiger partial charge < -0.3 is 4.98 Å². The molecule has 1 N–H and O–H groups in total. The van der Waals surface area contributed by atoms with E-state index in [0.29, 0.717) is 16.9 Å². The second-order valence-electron chi connectivity index (χ2n) is 4.40. The molecule has 0 radical (unpaired) electrons. The predicted molar refractivity (Wildman–Crippen MR) is 64.9 cm³/mol. The van der Waals surface area contributed by atoms with Gasteiger partial charge in [-0.05, 0) is 25.1 Å². The third-order valence-electron chi connectivity index (χ3n) is 3.06. The van der Waals surface area contributed by atoms with Crippen LogP contribution in [0.1, 0.15) is 24.4 Å². The number of alkyl halides is 3. The zero-order chi connectivity index (χ0) is 14.3. The number of hydrogen-bond acceptors (Lipinski definition) is 3. The van der Waals surface area contributed by atoms with Gasteiger partial charge in [-0.1, -0.05) is 0 Å². The molecule has 20 heavy (non-hydrogen) atoms. The predicted octanol–water partition coefficient (Wildman–Crippen LogP) is 2.78. The Morgan fingerprint density at radius 1 is 1.30 bits per heavy atom. The minimum Gasteiger partial charge on any atom is -0.340 e. The van der Waals surface area contributed by atoms with Crippen molar-refractivity contribution in [2.45, 2.75) is 19.1 Å². The Morgan fingerprint density at radius 3 is 2.75 bits per heavy atom. The van der Waals surface area contributed by atoms with Crippen molar-refractivity contribution in [2.75, 3.05) is 0 Å². The Hall–Kier alpha value is -2.38. The molecule has 2 heterocycles. The lowest BCUT2D eigenvalue weighted by molar-refractivity contribution is -0.137. The SMILES string of the molecule is CC(c1nc2ccc(C(F)(F)F)cc2[nH]1)n1cncn1. The molecule has 0 saturated carbocycles. The van der Waals surface area contributed by atoms with Crippen molar-refractivity contribution < 1.29 is 13.2 Å². The molecule has 0 aliphatic heterocycles. The van der Waals surface area contributed by atoms with Crippen LogP contribution in [0.5, 0.6) is 0 Å². The summed E-state index contributed by atoms with van der Waals surface area (Å²) in [5.41, 5.74) is 0.135. The van der Waals surface area contributed by atoms with E-state index in [1.54, 1.807) is 4.68 Å². The maximum absolute atomic E-state index is 12.6. The fourth-order valence-electron chi connectivity index (χ4n) is 1.95. The van der Waals surface area contributed by atoms with Crippen LogP contribution in [0.15, 0.2) is 30.9 Å². The molecule has 3 aromatic rings. The minimum atomic E-state index is -4.36. The molecule has 1 unspecified atom stereocenters. The summed E-state index contributed by atoms with van der Waals surface area (Å²) in [4.78, 5) is 11.0. The van der Waals surface area contributed by atoms with E-state index in [1.165, 1.54) is 18.7 Å². The summed E-state index contributed by atoms with van der Waals surface area (Å²) in [5, 5.41) is 3.99. The molecule has 104 valence electrons. The number of imidazole rings is 1. The zero-order valence-electron chi connectivity index (χ0n) is 10.4. The van der Waals surface area contributed by atoms with Gasteiger partial charge in [0.15, 0.2) is 0 Å². The van der Waals surface area contributed by atoms with Crippen molar-refractivity contribution in [1.29, 1.82) is 0 Å². The van der Waals surface area contributed by atoms with Crippen molar-refractivity contribution in [1.82, 2.24) is 24.7 Å². The number of nitrogens with zero attached hydrogens (tertiary/aromatic N) is 4. The van der Waals surface area contributed by atoms with Crippen molar-refractivity contribution in [3.63, 3.8) is 0 Å². The van der Waals surface area contributed by atoms with Gasteiger partial charge in [0.25, 0.3) is 0 Å². The number of hydrogen-bond donors (Lipinski definition) is 1. The van der Waals surface area contributed by atoms with Crippen LogP contribution in [0.3, 0.4) is 0 Å². The Bertz CT molecular complexity index is 729. The van der Waals surface area contributed by atoms with E-state index in [9.17, 15) is 13.2 Å². The third kappa shape index (κ3) is 2.13. The average molecular weight is 281 g/mol. The molecule has 0 aliphatic carbocycles. The molecule has 0 spiro atoms. The smallest absolute Gasteiger partial charge is 0.340 e. The first-order valence-corrected chi connectivity index (χ1v) is 5.86. The van der Waals surface area contributed by atoms with Crippen molar-refractivity contribution in [2.24, 2.45) is 0 Å². The average Bonchev–Trinajstić information content (AvgIpc) is 3.05. The summed E-state index contributed by atoms with van der Waals surface area (Å²) in [6.45, 7) is 1.83. The van der Waals surface area contributed by atoms with E-state index in [0.717, 1.165) is 12.1 Å². The number of nitrogens with one attached hydrogen (secondary N) is 1. The van der Waals surface area contributed by atoms with Gasteiger partial charge >= 0.3 is 6.18 Å². The molecule has 1 atom stereocenters. The maximum atomic E-state index is 12.6. The number of aromatic amines is 1. The normalized spacial score (nSPS) is 13.8. The fraction of sp³-hybridized carbons (Fsp3) is 0.250. The Labute approximate surface area is 111 Å². The van der Waals surface area contributed by atoms with Gasteiger partial charge in [0.05, 0.1) is 16.6 Å². The maximum Gasteiger partial charge on any atom is 0.416 e. The summed E-state index contributed by atoms with van der Waals surface area (Å²) in [6.07, 6.45) is -1.45. The summed E-state index contributed by atoms with van der Waals surface area (Å²) in [6, 6.07) is 3.19. The van der Waals surface area contributed by atoms with E-state index in [-0.39, 0.29) is 6.04 Å². The standard InChI is InChI=1S/C12H10F3N5/c1-7(20-6-16-5-17-20)11-18-9-3-2-8(12(13,14)15)4-10(9)19-11/h2-7H,1H3,(H,18,19). The number of halogens is 3. The number of rotatable bonds is 2. The van der Waals surface area contributed by atoms with Crippen LogP contribution >= 0.6 is 0 Å². The first-order valence-electron chi connectivity index (χ1n) is 5.86. The van der Waals surface area contributed by atoms with Crippen LogP contribution in [0.25, 0.3) is 11.0 Å². The lowest BCUT2D eigenvalue weighted by Gasteiger charge is -2.07.